The fraction of sp³-hybridized carbons (Fsp3) is 0.500. The molecule has 0 N–H and O–H groups in total. The molecular weight excluding hydrogens is 262 g/mol. The van der Waals surface area contributed by atoms with E-state index in [1.165, 1.54) is 0 Å². The molecule has 1 heterocycles. The maximum atomic E-state index is 12.6. The molecule has 1 aromatic heterocycles. The number of para-hydroxylation sites is 1. The van der Waals surface area contributed by atoms with Crippen LogP contribution >= 0.6 is 0 Å². The van der Waals surface area contributed by atoms with Gasteiger partial charge in [0.25, 0.3) is 5.56 Å². The Morgan fingerprint density at radius 2 is 1.95 bits per heavy atom. The minimum absolute atomic E-state index is 0.0610. The van der Waals surface area contributed by atoms with Gasteiger partial charge in [-0.2, -0.15) is 0 Å². The summed E-state index contributed by atoms with van der Waals surface area (Å²) in [7, 11) is 1.84. The van der Waals surface area contributed by atoms with Gasteiger partial charge in [0.05, 0.1) is 11.6 Å². The highest BCUT2D eigenvalue weighted by atomic mass is 16.5. The lowest BCUT2D eigenvalue weighted by atomic mass is 10.0. The monoisotopic (exact) mass is 287 g/mol. The van der Waals surface area contributed by atoms with E-state index in [1.807, 2.05) is 31.3 Å². The maximum Gasteiger partial charge on any atom is 0.256 e. The van der Waals surface area contributed by atoms with Gasteiger partial charge in [0.2, 0.25) is 0 Å². The quantitative estimate of drug-likeness (QED) is 0.764. The molecule has 0 fully saturated rings. The van der Waals surface area contributed by atoms with Crippen molar-refractivity contribution >= 4 is 10.9 Å². The third-order valence-electron chi connectivity index (χ3n) is 3.85. The molecule has 0 aliphatic heterocycles. The first kappa shape index (κ1) is 15.8. The van der Waals surface area contributed by atoms with Crippen LogP contribution in [-0.2, 0) is 11.8 Å². The normalized spacial score (nSPS) is 12.7. The van der Waals surface area contributed by atoms with Crippen LogP contribution < -0.4 is 5.56 Å². The van der Waals surface area contributed by atoms with Crippen LogP contribution in [0.15, 0.2) is 35.1 Å². The van der Waals surface area contributed by atoms with Crippen molar-refractivity contribution in [2.45, 2.75) is 45.6 Å². The number of ether oxygens (including phenoxy) is 1. The van der Waals surface area contributed by atoms with E-state index >= 15 is 0 Å². The molecule has 0 amide bonds. The molecule has 2 aromatic rings. The van der Waals surface area contributed by atoms with Crippen molar-refractivity contribution in [3.63, 3.8) is 0 Å². The number of benzene rings is 1. The highest BCUT2D eigenvalue weighted by Gasteiger charge is 2.17. The SMILES string of the molecule is CCCCC(OCCC)c1cc2ccccc2n(C)c1=O. The van der Waals surface area contributed by atoms with E-state index in [-0.39, 0.29) is 11.7 Å². The fourth-order valence-corrected chi connectivity index (χ4v) is 2.66. The van der Waals surface area contributed by atoms with Gasteiger partial charge in [-0.15, -0.1) is 0 Å². The molecule has 0 bridgehead atoms. The van der Waals surface area contributed by atoms with E-state index < -0.39 is 0 Å². The van der Waals surface area contributed by atoms with Crippen LogP contribution in [0, 0.1) is 0 Å². The zero-order valence-electron chi connectivity index (χ0n) is 13.3. The fourth-order valence-electron chi connectivity index (χ4n) is 2.66. The molecule has 0 saturated carbocycles. The Hall–Kier alpha value is -1.61. The number of pyridine rings is 1. The first-order valence-electron chi connectivity index (χ1n) is 7.89. The molecule has 0 radical (unpaired) electrons. The van der Waals surface area contributed by atoms with Crippen LogP contribution in [0.1, 0.15) is 51.2 Å². The van der Waals surface area contributed by atoms with Crippen molar-refractivity contribution in [2.24, 2.45) is 7.05 Å². The maximum absolute atomic E-state index is 12.6. The van der Waals surface area contributed by atoms with Gasteiger partial charge in [-0.3, -0.25) is 4.79 Å². The molecule has 1 unspecified atom stereocenters. The molecular formula is C18H25NO2. The van der Waals surface area contributed by atoms with Gasteiger partial charge in [-0.1, -0.05) is 44.9 Å². The van der Waals surface area contributed by atoms with E-state index in [0.29, 0.717) is 6.61 Å². The highest BCUT2D eigenvalue weighted by molar-refractivity contribution is 5.79. The average molecular weight is 287 g/mol. The predicted octanol–water partition coefficient (Wildman–Crippen LogP) is 4.20. The smallest absolute Gasteiger partial charge is 0.256 e. The summed E-state index contributed by atoms with van der Waals surface area (Å²) in [5.74, 6) is 0. The largest absolute Gasteiger partial charge is 0.373 e. The zero-order valence-corrected chi connectivity index (χ0v) is 13.3. The number of hydrogen-bond donors (Lipinski definition) is 0. The number of fused-ring (bicyclic) bond motifs is 1. The summed E-state index contributed by atoms with van der Waals surface area (Å²) in [6.07, 6.45) is 3.97. The molecule has 2 rings (SSSR count). The van der Waals surface area contributed by atoms with E-state index in [0.717, 1.165) is 42.1 Å². The van der Waals surface area contributed by atoms with Gasteiger partial charge in [0.1, 0.15) is 0 Å². The first-order chi connectivity index (χ1) is 10.2. The third kappa shape index (κ3) is 3.53. The Morgan fingerprint density at radius 3 is 2.67 bits per heavy atom. The number of hydrogen-bond acceptors (Lipinski definition) is 2. The molecule has 0 saturated heterocycles. The molecule has 0 aliphatic carbocycles. The molecule has 1 atom stereocenters. The number of aryl methyl sites for hydroxylation is 1. The van der Waals surface area contributed by atoms with Crippen LogP contribution in [-0.4, -0.2) is 11.2 Å². The van der Waals surface area contributed by atoms with E-state index in [1.54, 1.807) is 4.57 Å². The summed E-state index contributed by atoms with van der Waals surface area (Å²) in [5, 5.41) is 1.09. The minimum atomic E-state index is -0.0896. The summed E-state index contributed by atoms with van der Waals surface area (Å²) in [6, 6.07) is 10.0. The number of aromatic nitrogens is 1. The lowest BCUT2D eigenvalue weighted by Gasteiger charge is -2.19. The van der Waals surface area contributed by atoms with Gasteiger partial charge in [0, 0.05) is 19.2 Å². The molecule has 114 valence electrons. The molecule has 1 aromatic carbocycles. The Labute approximate surface area is 126 Å². The van der Waals surface area contributed by atoms with Crippen LogP contribution in [0.3, 0.4) is 0 Å². The van der Waals surface area contributed by atoms with Crippen molar-refractivity contribution in [3.05, 3.63) is 46.2 Å². The van der Waals surface area contributed by atoms with Crippen LogP contribution in [0.5, 0.6) is 0 Å². The van der Waals surface area contributed by atoms with E-state index in [4.69, 9.17) is 4.74 Å². The Balaban J connectivity index is 2.45. The van der Waals surface area contributed by atoms with Crippen molar-refractivity contribution in [2.75, 3.05) is 6.61 Å². The topological polar surface area (TPSA) is 31.2 Å². The number of rotatable bonds is 7. The third-order valence-corrected chi connectivity index (χ3v) is 3.85. The highest BCUT2D eigenvalue weighted by Crippen LogP contribution is 2.24. The summed E-state index contributed by atoms with van der Waals surface area (Å²) < 4.78 is 7.69. The van der Waals surface area contributed by atoms with E-state index in [9.17, 15) is 4.79 Å². The van der Waals surface area contributed by atoms with Gasteiger partial charge >= 0.3 is 0 Å². The molecule has 0 spiro atoms. The van der Waals surface area contributed by atoms with Crippen molar-refractivity contribution in [1.29, 1.82) is 0 Å². The molecule has 3 nitrogen and oxygen atoms in total. The van der Waals surface area contributed by atoms with Crippen LogP contribution in [0.4, 0.5) is 0 Å². The van der Waals surface area contributed by atoms with Gasteiger partial charge < -0.3 is 9.30 Å². The Kier molecular flexibility index (Phi) is 5.57. The second-order valence-electron chi connectivity index (χ2n) is 5.52. The second-order valence-corrected chi connectivity index (χ2v) is 5.52. The number of nitrogens with zero attached hydrogens (tertiary/aromatic N) is 1. The Bertz CT molecular complexity index is 637. The summed E-state index contributed by atoms with van der Waals surface area (Å²) in [5.41, 5.74) is 1.82. The average Bonchev–Trinajstić information content (AvgIpc) is 2.51. The summed E-state index contributed by atoms with van der Waals surface area (Å²) in [6.45, 7) is 4.95. The molecule has 0 aliphatic rings. The Morgan fingerprint density at radius 1 is 1.19 bits per heavy atom. The summed E-state index contributed by atoms with van der Waals surface area (Å²) >= 11 is 0. The second kappa shape index (κ2) is 7.41. The van der Waals surface area contributed by atoms with Crippen molar-refractivity contribution in [1.82, 2.24) is 4.57 Å². The van der Waals surface area contributed by atoms with Gasteiger partial charge in [0.15, 0.2) is 0 Å². The lowest BCUT2D eigenvalue weighted by Crippen LogP contribution is -2.24. The van der Waals surface area contributed by atoms with Crippen molar-refractivity contribution < 1.29 is 4.74 Å². The molecule has 3 heteroatoms. The zero-order chi connectivity index (χ0) is 15.2. The van der Waals surface area contributed by atoms with Gasteiger partial charge in [-0.25, -0.2) is 0 Å². The first-order valence-corrected chi connectivity index (χ1v) is 7.89. The summed E-state index contributed by atoms with van der Waals surface area (Å²) in [4.78, 5) is 12.6. The molecule has 21 heavy (non-hydrogen) atoms. The van der Waals surface area contributed by atoms with Crippen molar-refractivity contribution in [3.8, 4) is 0 Å². The standard InChI is InChI=1S/C18H25NO2/c1-4-6-11-17(21-12-5-2)15-13-14-9-7-8-10-16(14)19(3)18(15)20/h7-10,13,17H,4-6,11-12H2,1-3H3. The van der Waals surface area contributed by atoms with E-state index in [2.05, 4.69) is 19.9 Å². The van der Waals surface area contributed by atoms with Crippen LogP contribution in [0.2, 0.25) is 0 Å². The van der Waals surface area contributed by atoms with Crippen LogP contribution in [0.25, 0.3) is 10.9 Å². The minimum Gasteiger partial charge on any atom is -0.373 e. The number of unbranched alkanes of at least 4 members (excludes halogenated alkanes) is 1. The lowest BCUT2D eigenvalue weighted by molar-refractivity contribution is 0.0445. The van der Waals surface area contributed by atoms with Gasteiger partial charge in [-0.05, 0) is 30.4 Å². The predicted molar refractivity (Wildman–Crippen MR) is 87.7 cm³/mol.